The van der Waals surface area contributed by atoms with Gasteiger partial charge in [0.1, 0.15) is 5.52 Å². The molecular formula is C14H11N3O. The molecular weight excluding hydrogens is 226 g/mol. The lowest BCUT2D eigenvalue weighted by molar-refractivity contribution is 0.579. The third kappa shape index (κ3) is 2.08. The fourth-order valence-electron chi connectivity index (χ4n) is 1.66. The Morgan fingerprint density at radius 2 is 1.94 bits per heavy atom. The first kappa shape index (κ1) is 10.5. The summed E-state index contributed by atoms with van der Waals surface area (Å²) in [6.07, 6.45) is 5.31. The molecule has 0 bridgehead atoms. The molecule has 4 nitrogen and oxygen atoms in total. The van der Waals surface area contributed by atoms with Gasteiger partial charge in [-0.2, -0.15) is 0 Å². The summed E-state index contributed by atoms with van der Waals surface area (Å²) in [5.74, 6) is 0.520. The molecule has 0 atom stereocenters. The Balaban J connectivity index is 1.93. The van der Waals surface area contributed by atoms with Gasteiger partial charge in [0.25, 0.3) is 0 Å². The highest BCUT2D eigenvalue weighted by atomic mass is 16.4. The summed E-state index contributed by atoms with van der Waals surface area (Å²) in [4.78, 5) is 8.36. The van der Waals surface area contributed by atoms with E-state index in [4.69, 9.17) is 10.2 Å². The number of nitrogen functional groups attached to an aromatic ring is 1. The molecule has 3 aromatic rings. The standard InChI is InChI=1S/C14H11N3O/c15-11-8-12-14(16-9-11)18-13(17-12)7-6-10-4-2-1-3-5-10/h1-9H,15H2/b7-6+. The van der Waals surface area contributed by atoms with Gasteiger partial charge in [-0.05, 0) is 17.7 Å². The quantitative estimate of drug-likeness (QED) is 0.744. The molecule has 0 spiro atoms. The first-order chi connectivity index (χ1) is 8.81. The van der Waals surface area contributed by atoms with Gasteiger partial charge in [0.15, 0.2) is 0 Å². The van der Waals surface area contributed by atoms with Gasteiger partial charge in [-0.1, -0.05) is 30.3 Å². The van der Waals surface area contributed by atoms with Crippen LogP contribution in [0.5, 0.6) is 0 Å². The zero-order valence-corrected chi connectivity index (χ0v) is 9.58. The largest absolute Gasteiger partial charge is 0.418 e. The van der Waals surface area contributed by atoms with Gasteiger partial charge in [-0.3, -0.25) is 0 Å². The molecule has 0 aliphatic rings. The van der Waals surface area contributed by atoms with Crippen molar-refractivity contribution in [2.24, 2.45) is 0 Å². The summed E-state index contributed by atoms with van der Waals surface area (Å²) in [6.45, 7) is 0. The van der Waals surface area contributed by atoms with Gasteiger partial charge < -0.3 is 10.2 Å². The van der Waals surface area contributed by atoms with Crippen LogP contribution in [0, 0.1) is 0 Å². The summed E-state index contributed by atoms with van der Waals surface area (Å²) >= 11 is 0. The Morgan fingerprint density at radius 1 is 1.11 bits per heavy atom. The zero-order valence-electron chi connectivity index (χ0n) is 9.58. The van der Waals surface area contributed by atoms with Crippen LogP contribution in [0.3, 0.4) is 0 Å². The van der Waals surface area contributed by atoms with Crippen LogP contribution >= 0.6 is 0 Å². The molecule has 2 aromatic heterocycles. The number of nitrogens with two attached hydrogens (primary N) is 1. The van der Waals surface area contributed by atoms with Crippen LogP contribution in [0.25, 0.3) is 23.4 Å². The summed E-state index contributed by atoms with van der Waals surface area (Å²) in [6, 6.07) is 11.7. The number of anilines is 1. The topological polar surface area (TPSA) is 64.9 Å². The fraction of sp³-hybridized carbons (Fsp3) is 0. The average Bonchev–Trinajstić information content (AvgIpc) is 2.79. The number of hydrogen-bond acceptors (Lipinski definition) is 4. The molecule has 0 saturated heterocycles. The van der Waals surface area contributed by atoms with Crippen LogP contribution in [0.15, 0.2) is 47.0 Å². The molecule has 88 valence electrons. The highest BCUT2D eigenvalue weighted by molar-refractivity contribution is 5.75. The molecule has 18 heavy (non-hydrogen) atoms. The first-order valence-corrected chi connectivity index (χ1v) is 5.56. The van der Waals surface area contributed by atoms with Crippen LogP contribution in [0.2, 0.25) is 0 Å². The predicted molar refractivity (Wildman–Crippen MR) is 71.6 cm³/mol. The number of aromatic nitrogens is 2. The second-order valence-electron chi connectivity index (χ2n) is 3.89. The summed E-state index contributed by atoms with van der Waals surface area (Å²) in [5.41, 5.74) is 8.47. The maximum atomic E-state index is 5.64. The molecule has 0 radical (unpaired) electrons. The normalized spacial score (nSPS) is 11.3. The monoisotopic (exact) mass is 237 g/mol. The van der Waals surface area contributed by atoms with Crippen molar-refractivity contribution in [3.8, 4) is 0 Å². The van der Waals surface area contributed by atoms with E-state index >= 15 is 0 Å². The Morgan fingerprint density at radius 3 is 2.78 bits per heavy atom. The van der Waals surface area contributed by atoms with Crippen LogP contribution in [-0.4, -0.2) is 9.97 Å². The van der Waals surface area contributed by atoms with E-state index in [-0.39, 0.29) is 0 Å². The second kappa shape index (κ2) is 4.33. The van der Waals surface area contributed by atoms with E-state index in [1.807, 2.05) is 42.5 Å². The highest BCUT2D eigenvalue weighted by Crippen LogP contribution is 2.17. The predicted octanol–water partition coefficient (Wildman–Crippen LogP) is 2.98. The van der Waals surface area contributed by atoms with Gasteiger partial charge in [0.05, 0.1) is 11.9 Å². The lowest BCUT2D eigenvalue weighted by Crippen LogP contribution is -1.84. The number of hydrogen-bond donors (Lipinski definition) is 1. The van der Waals surface area contributed by atoms with E-state index in [1.165, 1.54) is 0 Å². The Labute approximate surface area is 104 Å². The van der Waals surface area contributed by atoms with Crippen LogP contribution in [-0.2, 0) is 0 Å². The lowest BCUT2D eigenvalue weighted by Gasteiger charge is -1.88. The minimum Gasteiger partial charge on any atom is -0.418 e. The van der Waals surface area contributed by atoms with Gasteiger partial charge in [-0.25, -0.2) is 9.97 Å². The Kier molecular flexibility index (Phi) is 2.53. The van der Waals surface area contributed by atoms with Crippen LogP contribution in [0.4, 0.5) is 5.69 Å². The minimum absolute atomic E-state index is 0.497. The first-order valence-electron chi connectivity index (χ1n) is 5.56. The van der Waals surface area contributed by atoms with Gasteiger partial charge in [0.2, 0.25) is 11.6 Å². The highest BCUT2D eigenvalue weighted by Gasteiger charge is 2.04. The van der Waals surface area contributed by atoms with E-state index < -0.39 is 0 Å². The van der Waals surface area contributed by atoms with Crippen molar-refractivity contribution < 1.29 is 4.42 Å². The number of oxazole rings is 1. The molecule has 0 unspecified atom stereocenters. The molecule has 0 aliphatic carbocycles. The van der Waals surface area contributed by atoms with E-state index in [2.05, 4.69) is 9.97 Å². The van der Waals surface area contributed by atoms with Crippen LogP contribution < -0.4 is 5.73 Å². The van der Waals surface area contributed by atoms with Crippen molar-refractivity contribution in [1.82, 2.24) is 9.97 Å². The number of nitrogens with zero attached hydrogens (tertiary/aromatic N) is 2. The van der Waals surface area contributed by atoms with Crippen LogP contribution in [0.1, 0.15) is 11.5 Å². The smallest absolute Gasteiger partial charge is 0.247 e. The maximum absolute atomic E-state index is 5.64. The zero-order chi connectivity index (χ0) is 12.4. The third-order valence-electron chi connectivity index (χ3n) is 2.50. The Bertz CT molecular complexity index is 701. The SMILES string of the molecule is Nc1cnc2oc(/C=C/c3ccccc3)nc2c1. The van der Waals surface area contributed by atoms with Crippen molar-refractivity contribution in [2.45, 2.75) is 0 Å². The molecule has 3 rings (SSSR count). The van der Waals surface area contributed by atoms with Crippen molar-refractivity contribution in [3.63, 3.8) is 0 Å². The second-order valence-corrected chi connectivity index (χ2v) is 3.89. The number of pyridine rings is 1. The van der Waals surface area contributed by atoms with Gasteiger partial charge in [0, 0.05) is 6.08 Å². The molecule has 2 N–H and O–H groups in total. The van der Waals surface area contributed by atoms with Gasteiger partial charge >= 0.3 is 0 Å². The molecule has 0 amide bonds. The van der Waals surface area contributed by atoms with E-state index in [1.54, 1.807) is 12.3 Å². The van der Waals surface area contributed by atoms with Gasteiger partial charge in [-0.15, -0.1) is 0 Å². The Hall–Kier alpha value is -2.62. The summed E-state index contributed by atoms with van der Waals surface area (Å²) in [5, 5.41) is 0. The van der Waals surface area contributed by atoms with Crippen molar-refractivity contribution in [1.29, 1.82) is 0 Å². The van der Waals surface area contributed by atoms with Crippen molar-refractivity contribution in [3.05, 3.63) is 54.0 Å². The molecule has 0 fully saturated rings. The lowest BCUT2D eigenvalue weighted by atomic mass is 10.2. The average molecular weight is 237 g/mol. The van der Waals surface area contributed by atoms with Crippen molar-refractivity contribution in [2.75, 3.05) is 5.73 Å². The van der Waals surface area contributed by atoms with Crippen molar-refractivity contribution >= 4 is 29.1 Å². The van der Waals surface area contributed by atoms with E-state index in [0.29, 0.717) is 22.8 Å². The molecule has 2 heterocycles. The van der Waals surface area contributed by atoms with E-state index in [9.17, 15) is 0 Å². The molecule has 0 aliphatic heterocycles. The minimum atomic E-state index is 0.497. The summed E-state index contributed by atoms with van der Waals surface area (Å²) < 4.78 is 5.48. The summed E-state index contributed by atoms with van der Waals surface area (Å²) in [7, 11) is 0. The number of benzene rings is 1. The third-order valence-corrected chi connectivity index (χ3v) is 2.50. The number of rotatable bonds is 2. The molecule has 4 heteroatoms. The fourth-order valence-corrected chi connectivity index (χ4v) is 1.66. The maximum Gasteiger partial charge on any atom is 0.247 e. The number of fused-ring (bicyclic) bond motifs is 1. The molecule has 0 saturated carbocycles. The van der Waals surface area contributed by atoms with E-state index in [0.717, 1.165) is 5.56 Å². The molecule has 1 aromatic carbocycles.